The molecule has 0 spiro atoms. The summed E-state index contributed by atoms with van der Waals surface area (Å²) in [6.45, 7) is 7.88. The summed E-state index contributed by atoms with van der Waals surface area (Å²) in [5, 5.41) is 14.3. The van der Waals surface area contributed by atoms with Crippen molar-refractivity contribution >= 4 is 12.0 Å². The lowest BCUT2D eigenvalue weighted by Crippen LogP contribution is -2.48. The number of carboxylic acids is 1. The van der Waals surface area contributed by atoms with Crippen molar-refractivity contribution in [3.8, 4) is 0 Å². The molecule has 106 valence electrons. The minimum atomic E-state index is -0.986. The highest BCUT2D eigenvalue weighted by Crippen LogP contribution is 2.05. The minimum absolute atomic E-state index is 0.0680. The lowest BCUT2D eigenvalue weighted by Gasteiger charge is -2.19. The van der Waals surface area contributed by atoms with Gasteiger partial charge in [-0.15, -0.1) is 0 Å². The molecule has 0 rings (SSSR count). The van der Waals surface area contributed by atoms with Crippen LogP contribution in [0.15, 0.2) is 0 Å². The lowest BCUT2D eigenvalue weighted by atomic mass is 10.0. The number of carboxylic acid groups (broad SMARTS) is 1. The molecule has 0 aromatic heterocycles. The first kappa shape index (κ1) is 16.7. The molecule has 0 heterocycles. The number of carbonyl (C=O) groups is 2. The number of aliphatic carboxylic acids is 1. The van der Waals surface area contributed by atoms with Crippen LogP contribution in [0.25, 0.3) is 0 Å². The largest absolute Gasteiger partial charge is 0.480 e. The highest BCUT2D eigenvalue weighted by Gasteiger charge is 2.21. The van der Waals surface area contributed by atoms with E-state index in [4.69, 9.17) is 5.11 Å². The Morgan fingerprint density at radius 1 is 1.17 bits per heavy atom. The Morgan fingerprint density at radius 2 is 1.78 bits per heavy atom. The van der Waals surface area contributed by atoms with Gasteiger partial charge in [0.1, 0.15) is 6.04 Å². The van der Waals surface area contributed by atoms with Crippen molar-refractivity contribution in [2.24, 2.45) is 5.92 Å². The van der Waals surface area contributed by atoms with E-state index in [0.717, 1.165) is 19.3 Å². The van der Waals surface area contributed by atoms with Gasteiger partial charge in [-0.2, -0.15) is 0 Å². The summed E-state index contributed by atoms with van der Waals surface area (Å²) < 4.78 is 0. The molecule has 0 aliphatic carbocycles. The zero-order valence-electron chi connectivity index (χ0n) is 11.8. The normalized spacial score (nSPS) is 14.1. The molecule has 18 heavy (non-hydrogen) atoms. The third-order valence-electron chi connectivity index (χ3n) is 2.68. The molecule has 5 heteroatoms. The second-order valence-electron chi connectivity index (χ2n) is 5.18. The van der Waals surface area contributed by atoms with Gasteiger partial charge >= 0.3 is 12.0 Å². The summed E-state index contributed by atoms with van der Waals surface area (Å²) >= 11 is 0. The number of hydrogen-bond acceptors (Lipinski definition) is 2. The fourth-order valence-electron chi connectivity index (χ4n) is 1.70. The van der Waals surface area contributed by atoms with E-state index in [1.54, 1.807) is 0 Å². The van der Waals surface area contributed by atoms with Crippen LogP contribution < -0.4 is 10.6 Å². The molecule has 0 bridgehead atoms. The zero-order chi connectivity index (χ0) is 14.1. The Balaban J connectivity index is 4.13. The van der Waals surface area contributed by atoms with Gasteiger partial charge in [0.25, 0.3) is 0 Å². The van der Waals surface area contributed by atoms with Gasteiger partial charge in [-0.05, 0) is 25.7 Å². The van der Waals surface area contributed by atoms with E-state index in [0.29, 0.717) is 6.42 Å². The van der Waals surface area contributed by atoms with E-state index in [2.05, 4.69) is 17.6 Å². The molecular weight excluding hydrogens is 232 g/mol. The van der Waals surface area contributed by atoms with Crippen molar-refractivity contribution in [1.82, 2.24) is 10.6 Å². The second kappa shape index (κ2) is 8.78. The third kappa shape index (κ3) is 7.92. The van der Waals surface area contributed by atoms with Crippen LogP contribution in [-0.4, -0.2) is 29.2 Å². The molecule has 1 unspecified atom stereocenters. The van der Waals surface area contributed by atoms with Crippen LogP contribution in [0.5, 0.6) is 0 Å². The maximum absolute atomic E-state index is 11.6. The van der Waals surface area contributed by atoms with Crippen LogP contribution >= 0.6 is 0 Å². The molecule has 0 saturated carbocycles. The summed E-state index contributed by atoms with van der Waals surface area (Å²) in [6, 6.07) is -1.14. The Morgan fingerprint density at radius 3 is 2.22 bits per heavy atom. The van der Waals surface area contributed by atoms with Crippen molar-refractivity contribution in [2.45, 2.75) is 65.5 Å². The van der Waals surface area contributed by atoms with Gasteiger partial charge in [0.15, 0.2) is 0 Å². The van der Waals surface area contributed by atoms with Gasteiger partial charge in [0, 0.05) is 6.04 Å². The average Bonchev–Trinajstić information content (AvgIpc) is 2.24. The molecule has 0 aliphatic rings. The molecule has 0 radical (unpaired) electrons. The van der Waals surface area contributed by atoms with Crippen molar-refractivity contribution in [2.75, 3.05) is 0 Å². The highest BCUT2D eigenvalue weighted by atomic mass is 16.4. The molecule has 0 aromatic rings. The number of unbranched alkanes of at least 4 members (excludes halogenated alkanes) is 1. The first-order valence-corrected chi connectivity index (χ1v) is 6.66. The molecule has 0 saturated heterocycles. The smallest absolute Gasteiger partial charge is 0.326 e. The van der Waals surface area contributed by atoms with Crippen molar-refractivity contribution < 1.29 is 14.7 Å². The quantitative estimate of drug-likeness (QED) is 0.625. The van der Waals surface area contributed by atoms with Crippen LogP contribution in [0.4, 0.5) is 4.79 Å². The van der Waals surface area contributed by atoms with Crippen LogP contribution in [0.1, 0.15) is 53.4 Å². The lowest BCUT2D eigenvalue weighted by molar-refractivity contribution is -0.139. The third-order valence-corrected chi connectivity index (χ3v) is 2.68. The summed E-state index contributed by atoms with van der Waals surface area (Å²) in [5.74, 6) is -0.760. The maximum Gasteiger partial charge on any atom is 0.326 e. The Hall–Kier alpha value is -1.26. The molecule has 2 atom stereocenters. The average molecular weight is 258 g/mol. The fraction of sp³-hybridized carbons (Fsp3) is 0.846. The SMILES string of the molecule is CCCCC(C)NC(=O)N[C@H](CC(C)C)C(=O)O. The van der Waals surface area contributed by atoms with Gasteiger partial charge < -0.3 is 15.7 Å². The predicted molar refractivity (Wildman–Crippen MR) is 71.5 cm³/mol. The second-order valence-corrected chi connectivity index (χ2v) is 5.18. The molecule has 0 fully saturated rings. The van der Waals surface area contributed by atoms with E-state index in [9.17, 15) is 9.59 Å². The number of nitrogens with one attached hydrogen (secondary N) is 2. The van der Waals surface area contributed by atoms with Gasteiger partial charge in [-0.1, -0.05) is 33.6 Å². The number of hydrogen-bond donors (Lipinski definition) is 3. The Kier molecular flexibility index (Phi) is 8.16. The van der Waals surface area contributed by atoms with Crippen LogP contribution in [0, 0.1) is 5.92 Å². The summed E-state index contributed by atoms with van der Waals surface area (Å²) in [6.07, 6.45) is 3.48. The standard InChI is InChI=1S/C13H26N2O3/c1-5-6-7-10(4)14-13(18)15-11(12(16)17)8-9(2)3/h9-11H,5-8H2,1-4H3,(H,16,17)(H2,14,15,18)/t10?,11-/m1/s1. The molecular formula is C13H26N2O3. The van der Waals surface area contributed by atoms with Crippen LogP contribution in [0.2, 0.25) is 0 Å². The van der Waals surface area contributed by atoms with E-state index in [1.807, 2.05) is 20.8 Å². The summed E-state index contributed by atoms with van der Waals surface area (Å²) in [5.41, 5.74) is 0. The first-order valence-electron chi connectivity index (χ1n) is 6.66. The van der Waals surface area contributed by atoms with Crippen molar-refractivity contribution in [1.29, 1.82) is 0 Å². The first-order chi connectivity index (χ1) is 8.36. The topological polar surface area (TPSA) is 78.4 Å². The van der Waals surface area contributed by atoms with Gasteiger partial charge in [0.2, 0.25) is 0 Å². The van der Waals surface area contributed by atoms with Crippen molar-refractivity contribution in [3.63, 3.8) is 0 Å². The number of carbonyl (C=O) groups excluding carboxylic acids is 1. The van der Waals surface area contributed by atoms with Gasteiger partial charge in [0.05, 0.1) is 0 Å². The molecule has 5 nitrogen and oxygen atoms in total. The monoisotopic (exact) mass is 258 g/mol. The minimum Gasteiger partial charge on any atom is -0.480 e. The molecule has 3 N–H and O–H groups in total. The van der Waals surface area contributed by atoms with Crippen molar-refractivity contribution in [3.05, 3.63) is 0 Å². The summed E-state index contributed by atoms with van der Waals surface area (Å²) in [7, 11) is 0. The maximum atomic E-state index is 11.6. The van der Waals surface area contributed by atoms with Gasteiger partial charge in [-0.25, -0.2) is 9.59 Å². The highest BCUT2D eigenvalue weighted by molar-refractivity contribution is 5.82. The molecule has 2 amide bonds. The van der Waals surface area contributed by atoms with E-state index in [1.165, 1.54) is 0 Å². The van der Waals surface area contributed by atoms with Crippen LogP contribution in [-0.2, 0) is 4.79 Å². The molecule has 0 aliphatic heterocycles. The predicted octanol–water partition coefficient (Wildman–Crippen LogP) is 2.36. The van der Waals surface area contributed by atoms with E-state index >= 15 is 0 Å². The van der Waals surface area contributed by atoms with Gasteiger partial charge in [-0.3, -0.25) is 0 Å². The Bertz CT molecular complexity index is 267. The fourth-order valence-corrected chi connectivity index (χ4v) is 1.70. The molecule has 0 aromatic carbocycles. The Labute approximate surface area is 109 Å². The van der Waals surface area contributed by atoms with E-state index in [-0.39, 0.29) is 12.0 Å². The zero-order valence-corrected chi connectivity index (χ0v) is 11.8. The number of amides is 2. The van der Waals surface area contributed by atoms with Crippen LogP contribution in [0.3, 0.4) is 0 Å². The number of urea groups is 1. The van der Waals surface area contributed by atoms with E-state index < -0.39 is 18.0 Å². The number of rotatable bonds is 8. The summed E-state index contributed by atoms with van der Waals surface area (Å²) in [4.78, 5) is 22.6.